The molecule has 0 aliphatic carbocycles. The van der Waals surface area contributed by atoms with Gasteiger partial charge in [0, 0.05) is 6.07 Å². The van der Waals surface area contributed by atoms with Gasteiger partial charge >= 0.3 is 0 Å². The molecule has 0 unspecified atom stereocenters. The summed E-state index contributed by atoms with van der Waals surface area (Å²) in [6, 6.07) is 4.49. The lowest BCUT2D eigenvalue weighted by Gasteiger charge is -2.00. The van der Waals surface area contributed by atoms with Crippen LogP contribution in [0.1, 0.15) is 0 Å². The molecule has 0 spiro atoms. The summed E-state index contributed by atoms with van der Waals surface area (Å²) < 4.78 is 0.389. The number of nitro groups is 1. The minimum Gasteiger partial charge on any atom is -0.271 e. The van der Waals surface area contributed by atoms with E-state index in [1.165, 1.54) is 17.8 Å². The van der Waals surface area contributed by atoms with Gasteiger partial charge in [-0.3, -0.25) is 15.4 Å². The lowest BCUT2D eigenvalue weighted by Crippen LogP contribution is -2.12. The number of halogens is 1. The predicted molar refractivity (Wildman–Crippen MR) is 70.2 cm³/mol. The number of nitriles is 1. The maximum Gasteiger partial charge on any atom is 0.285 e. The average molecular weight is 315 g/mol. The molecule has 0 aliphatic heterocycles. The van der Waals surface area contributed by atoms with Crippen molar-refractivity contribution in [3.05, 3.63) is 32.8 Å². The summed E-state index contributed by atoms with van der Waals surface area (Å²) in [7, 11) is 0. The monoisotopic (exact) mass is 314 g/mol. The molecule has 1 N–H and O–H groups in total. The molecule has 0 atom stereocenters. The summed E-state index contributed by atoms with van der Waals surface area (Å²) in [5.41, 5.74) is 0.343. The smallest absolute Gasteiger partial charge is 0.271 e. The number of hydrogen-bond acceptors (Lipinski definition) is 5. The van der Waals surface area contributed by atoms with Crippen LogP contribution in [0.25, 0.3) is 0 Å². The predicted octanol–water partition coefficient (Wildman–Crippen LogP) is 2.78. The number of hydrogen-bond donors (Lipinski definition) is 1. The fourth-order valence-corrected chi connectivity index (χ4v) is 1.74. The Labute approximate surface area is 110 Å². The quantitative estimate of drug-likeness (QED) is 0.226. The lowest BCUT2D eigenvalue weighted by atomic mass is 10.3. The summed E-state index contributed by atoms with van der Waals surface area (Å²) in [4.78, 5) is 14.3. The molecule has 1 aromatic rings. The van der Waals surface area contributed by atoms with Gasteiger partial charge in [-0.05, 0) is 34.3 Å². The van der Waals surface area contributed by atoms with Crippen molar-refractivity contribution in [2.24, 2.45) is 4.99 Å². The van der Waals surface area contributed by atoms with E-state index in [2.05, 4.69) is 26.2 Å². The summed E-state index contributed by atoms with van der Waals surface area (Å²) in [6.07, 6.45) is 3.49. The number of nitrogens with zero attached hydrogens (tertiary/aromatic N) is 3. The Kier molecular flexibility index (Phi) is 4.93. The Morgan fingerprint density at radius 2 is 2.41 bits per heavy atom. The number of nitro benzene ring substituents is 1. The van der Waals surface area contributed by atoms with E-state index in [9.17, 15) is 10.1 Å². The molecule has 17 heavy (non-hydrogen) atoms. The van der Waals surface area contributed by atoms with Crippen molar-refractivity contribution in [3.8, 4) is 6.19 Å². The number of rotatable bonds is 2. The fourth-order valence-electron chi connectivity index (χ4n) is 1.00. The van der Waals surface area contributed by atoms with E-state index in [4.69, 9.17) is 5.26 Å². The molecule has 0 radical (unpaired) electrons. The first-order valence-corrected chi connectivity index (χ1v) is 6.32. The standard InChI is InChI=1S/C9H7BrN4O2S/c1-17-9(12-5-11)13-6-2-3-7(10)8(4-6)14(15)16/h2-4H,1H3,(H,12,13). The highest BCUT2D eigenvalue weighted by atomic mass is 79.9. The largest absolute Gasteiger partial charge is 0.285 e. The Hall–Kier alpha value is -1.59. The number of nitrogens with one attached hydrogen (secondary N) is 1. The molecule has 0 aliphatic rings. The van der Waals surface area contributed by atoms with Gasteiger partial charge < -0.3 is 0 Å². The van der Waals surface area contributed by atoms with E-state index in [1.54, 1.807) is 24.6 Å². The van der Waals surface area contributed by atoms with Crippen molar-refractivity contribution in [3.63, 3.8) is 0 Å². The minimum atomic E-state index is -0.500. The number of aliphatic imine (C=N–C) groups is 1. The van der Waals surface area contributed by atoms with Gasteiger partial charge in [0.1, 0.15) is 0 Å². The third kappa shape index (κ3) is 3.72. The maximum absolute atomic E-state index is 10.7. The van der Waals surface area contributed by atoms with Gasteiger partial charge in [-0.15, -0.1) is 0 Å². The molecule has 0 saturated heterocycles. The molecule has 6 nitrogen and oxygen atoms in total. The normalized spacial score (nSPS) is 10.8. The topological polar surface area (TPSA) is 91.3 Å². The zero-order valence-electron chi connectivity index (χ0n) is 8.68. The highest BCUT2D eigenvalue weighted by Crippen LogP contribution is 2.29. The van der Waals surface area contributed by atoms with E-state index in [0.29, 0.717) is 15.3 Å². The molecule has 0 saturated carbocycles. The molecular weight excluding hydrogens is 308 g/mol. The third-order valence-electron chi connectivity index (χ3n) is 1.71. The minimum absolute atomic E-state index is 0.0661. The summed E-state index contributed by atoms with van der Waals surface area (Å²) in [6.45, 7) is 0. The zero-order chi connectivity index (χ0) is 12.8. The van der Waals surface area contributed by atoms with Gasteiger partial charge in [0.2, 0.25) is 0 Å². The van der Waals surface area contributed by atoms with Crippen LogP contribution in [-0.4, -0.2) is 16.3 Å². The summed E-state index contributed by atoms with van der Waals surface area (Å²) >= 11 is 4.32. The fraction of sp³-hybridized carbons (Fsp3) is 0.111. The highest BCUT2D eigenvalue weighted by Gasteiger charge is 2.12. The van der Waals surface area contributed by atoms with Gasteiger partial charge in [-0.25, -0.2) is 4.99 Å². The molecule has 0 bridgehead atoms. The Morgan fingerprint density at radius 1 is 1.71 bits per heavy atom. The molecule has 1 aromatic carbocycles. The summed E-state index contributed by atoms with van der Waals surface area (Å²) in [5.74, 6) is 0. The van der Waals surface area contributed by atoms with Crippen LogP contribution < -0.4 is 5.32 Å². The Morgan fingerprint density at radius 3 is 2.94 bits per heavy atom. The van der Waals surface area contributed by atoms with E-state index in [-0.39, 0.29) is 5.69 Å². The van der Waals surface area contributed by atoms with Crippen LogP contribution >= 0.6 is 27.7 Å². The van der Waals surface area contributed by atoms with Crippen LogP contribution in [0, 0.1) is 21.6 Å². The molecule has 88 valence electrons. The van der Waals surface area contributed by atoms with E-state index >= 15 is 0 Å². The zero-order valence-corrected chi connectivity index (χ0v) is 11.1. The highest BCUT2D eigenvalue weighted by molar-refractivity contribution is 9.10. The molecule has 0 aromatic heterocycles. The van der Waals surface area contributed by atoms with Gasteiger partial charge in [0.15, 0.2) is 11.4 Å². The first-order valence-electron chi connectivity index (χ1n) is 4.30. The van der Waals surface area contributed by atoms with Crippen LogP contribution in [-0.2, 0) is 0 Å². The third-order valence-corrected chi connectivity index (χ3v) is 2.96. The van der Waals surface area contributed by atoms with E-state index in [0.717, 1.165) is 0 Å². The van der Waals surface area contributed by atoms with Crippen LogP contribution in [0.5, 0.6) is 0 Å². The van der Waals surface area contributed by atoms with Crippen molar-refractivity contribution in [2.75, 3.05) is 6.26 Å². The van der Waals surface area contributed by atoms with Crippen molar-refractivity contribution < 1.29 is 4.92 Å². The van der Waals surface area contributed by atoms with Crippen LogP contribution in [0.2, 0.25) is 0 Å². The number of thioether (sulfide) groups is 1. The Bertz CT molecular complexity index is 512. The molecule has 0 heterocycles. The number of benzene rings is 1. The SMILES string of the molecule is CSC(=Nc1ccc(Br)c([N+](=O)[O-])c1)NC#N. The molecule has 1 rings (SSSR count). The van der Waals surface area contributed by atoms with Crippen molar-refractivity contribution >= 4 is 44.2 Å². The molecule has 0 fully saturated rings. The van der Waals surface area contributed by atoms with Gasteiger partial charge in [0.05, 0.1) is 15.1 Å². The lowest BCUT2D eigenvalue weighted by molar-refractivity contribution is -0.385. The van der Waals surface area contributed by atoms with Gasteiger partial charge in [-0.2, -0.15) is 5.26 Å². The van der Waals surface area contributed by atoms with Crippen molar-refractivity contribution in [1.82, 2.24) is 5.32 Å². The average Bonchev–Trinajstić information content (AvgIpc) is 2.30. The molecule has 8 heteroatoms. The van der Waals surface area contributed by atoms with Crippen molar-refractivity contribution in [1.29, 1.82) is 5.26 Å². The van der Waals surface area contributed by atoms with E-state index < -0.39 is 4.92 Å². The van der Waals surface area contributed by atoms with Gasteiger partial charge in [-0.1, -0.05) is 11.8 Å². The second-order valence-corrected chi connectivity index (χ2v) is 4.40. The van der Waals surface area contributed by atoms with Crippen LogP contribution in [0.3, 0.4) is 0 Å². The van der Waals surface area contributed by atoms with Crippen molar-refractivity contribution in [2.45, 2.75) is 0 Å². The van der Waals surface area contributed by atoms with E-state index in [1.807, 2.05) is 0 Å². The molecule has 0 amide bonds. The van der Waals surface area contributed by atoms with Crippen LogP contribution in [0.15, 0.2) is 27.7 Å². The van der Waals surface area contributed by atoms with Crippen LogP contribution in [0.4, 0.5) is 11.4 Å². The summed E-state index contributed by atoms with van der Waals surface area (Å²) in [5, 5.41) is 21.9. The first kappa shape index (κ1) is 13.5. The Balaban J connectivity index is 3.12. The second-order valence-electron chi connectivity index (χ2n) is 2.75. The second kappa shape index (κ2) is 6.22. The molecular formula is C9H7BrN4O2S. The maximum atomic E-state index is 10.7. The van der Waals surface area contributed by atoms with Gasteiger partial charge in [0.25, 0.3) is 5.69 Å². The first-order chi connectivity index (χ1) is 8.08. The number of amidine groups is 1.